The van der Waals surface area contributed by atoms with Gasteiger partial charge in [-0.05, 0) is 19.1 Å². The van der Waals surface area contributed by atoms with Gasteiger partial charge in [0.15, 0.2) is 0 Å². The third-order valence-corrected chi connectivity index (χ3v) is 3.08. The van der Waals surface area contributed by atoms with E-state index < -0.39 is 12.0 Å². The Bertz CT molecular complexity index is 499. The molecule has 0 saturated carbocycles. The average Bonchev–Trinajstić information content (AvgIpc) is 2.39. The van der Waals surface area contributed by atoms with Gasteiger partial charge in [0.1, 0.15) is 0 Å². The number of methoxy groups -OCH3 is 1. The zero-order valence-corrected chi connectivity index (χ0v) is 12.4. The van der Waals surface area contributed by atoms with Crippen LogP contribution in [0.5, 0.6) is 0 Å². The Labute approximate surface area is 126 Å². The van der Waals surface area contributed by atoms with Crippen LogP contribution >= 0.6 is 23.2 Å². The van der Waals surface area contributed by atoms with Crippen molar-refractivity contribution in [2.75, 3.05) is 19.0 Å². The molecule has 1 unspecified atom stereocenters. The van der Waals surface area contributed by atoms with Crippen LogP contribution in [0.25, 0.3) is 0 Å². The average molecular weight is 321 g/mol. The third kappa shape index (κ3) is 4.56. The molecule has 6 nitrogen and oxygen atoms in total. The molecule has 3 N–H and O–H groups in total. The van der Waals surface area contributed by atoms with Crippen molar-refractivity contribution in [3.8, 4) is 0 Å². The number of carboxylic acids is 1. The van der Waals surface area contributed by atoms with Gasteiger partial charge in [0, 0.05) is 13.7 Å². The monoisotopic (exact) mass is 320 g/mol. The number of aromatic carboxylic acids is 1. The van der Waals surface area contributed by atoms with Gasteiger partial charge in [-0.15, -0.1) is 0 Å². The van der Waals surface area contributed by atoms with Gasteiger partial charge >= 0.3 is 12.0 Å². The molecule has 1 aromatic carbocycles. The van der Waals surface area contributed by atoms with Crippen molar-refractivity contribution in [2.45, 2.75) is 13.0 Å². The highest BCUT2D eigenvalue weighted by Crippen LogP contribution is 2.31. The van der Waals surface area contributed by atoms with Crippen LogP contribution < -0.4 is 10.6 Å². The number of benzene rings is 1. The predicted molar refractivity (Wildman–Crippen MR) is 76.9 cm³/mol. The molecule has 0 fully saturated rings. The summed E-state index contributed by atoms with van der Waals surface area (Å²) in [5, 5.41) is 14.0. The number of amides is 2. The van der Waals surface area contributed by atoms with Crippen molar-refractivity contribution >= 4 is 40.9 Å². The van der Waals surface area contributed by atoms with Gasteiger partial charge in [-0.2, -0.15) is 0 Å². The molecule has 0 aliphatic rings. The summed E-state index contributed by atoms with van der Waals surface area (Å²) in [5.74, 6) is -1.15. The zero-order valence-electron chi connectivity index (χ0n) is 10.9. The molecule has 1 rings (SSSR count). The molecule has 0 heterocycles. The van der Waals surface area contributed by atoms with E-state index in [0.29, 0.717) is 6.54 Å². The number of carboxylic acid groups (broad SMARTS) is 1. The molecule has 110 valence electrons. The van der Waals surface area contributed by atoms with Gasteiger partial charge in [-0.1, -0.05) is 23.2 Å². The molecular formula is C12H14Cl2N2O4. The fraction of sp³-hybridized carbons (Fsp3) is 0.333. The summed E-state index contributed by atoms with van der Waals surface area (Å²) in [6, 6.07) is 1.91. The lowest BCUT2D eigenvalue weighted by atomic mass is 10.2. The second-order valence-corrected chi connectivity index (χ2v) is 4.82. The SMILES string of the molecule is COC(C)CNC(=O)Nc1c(Cl)cc(C(=O)O)cc1Cl. The van der Waals surface area contributed by atoms with Crippen LogP contribution in [0, 0.1) is 0 Å². The number of ether oxygens (including phenoxy) is 1. The summed E-state index contributed by atoms with van der Waals surface area (Å²) in [5.41, 5.74) is 0.0971. The topological polar surface area (TPSA) is 87.7 Å². The molecule has 2 amide bonds. The number of anilines is 1. The van der Waals surface area contributed by atoms with E-state index in [4.69, 9.17) is 33.0 Å². The van der Waals surface area contributed by atoms with Crippen LogP contribution in [-0.4, -0.2) is 36.9 Å². The van der Waals surface area contributed by atoms with Crippen LogP contribution in [0.4, 0.5) is 10.5 Å². The number of hydrogen-bond donors (Lipinski definition) is 3. The van der Waals surface area contributed by atoms with E-state index in [0.717, 1.165) is 0 Å². The number of halogens is 2. The van der Waals surface area contributed by atoms with Crippen LogP contribution in [0.1, 0.15) is 17.3 Å². The van der Waals surface area contributed by atoms with Crippen molar-refractivity contribution in [1.82, 2.24) is 5.32 Å². The van der Waals surface area contributed by atoms with Crippen molar-refractivity contribution in [3.05, 3.63) is 27.7 Å². The van der Waals surface area contributed by atoms with E-state index in [-0.39, 0.29) is 27.4 Å². The Balaban J connectivity index is 2.78. The highest BCUT2D eigenvalue weighted by molar-refractivity contribution is 6.40. The first kappa shape index (κ1) is 16.6. The van der Waals surface area contributed by atoms with E-state index in [1.54, 1.807) is 6.92 Å². The number of nitrogens with one attached hydrogen (secondary N) is 2. The molecule has 1 atom stereocenters. The second-order valence-electron chi connectivity index (χ2n) is 4.00. The van der Waals surface area contributed by atoms with E-state index >= 15 is 0 Å². The maximum absolute atomic E-state index is 11.6. The van der Waals surface area contributed by atoms with E-state index in [2.05, 4.69) is 10.6 Å². The fourth-order valence-electron chi connectivity index (χ4n) is 1.29. The van der Waals surface area contributed by atoms with E-state index in [1.807, 2.05) is 0 Å². The first-order valence-electron chi connectivity index (χ1n) is 5.65. The van der Waals surface area contributed by atoms with Crippen molar-refractivity contribution < 1.29 is 19.4 Å². The normalized spacial score (nSPS) is 11.8. The summed E-state index contributed by atoms with van der Waals surface area (Å²) >= 11 is 11.8. The first-order valence-corrected chi connectivity index (χ1v) is 6.40. The number of urea groups is 1. The number of hydrogen-bond acceptors (Lipinski definition) is 3. The molecule has 0 saturated heterocycles. The lowest BCUT2D eigenvalue weighted by Crippen LogP contribution is -2.35. The number of rotatable bonds is 5. The van der Waals surface area contributed by atoms with Crippen molar-refractivity contribution in [1.29, 1.82) is 0 Å². The van der Waals surface area contributed by atoms with Crippen LogP contribution in [-0.2, 0) is 4.74 Å². The minimum atomic E-state index is -1.15. The molecular weight excluding hydrogens is 307 g/mol. The van der Waals surface area contributed by atoms with Crippen LogP contribution in [0.3, 0.4) is 0 Å². The maximum Gasteiger partial charge on any atom is 0.335 e. The Morgan fingerprint density at radius 1 is 1.35 bits per heavy atom. The quantitative estimate of drug-likeness (QED) is 0.778. The molecule has 0 radical (unpaired) electrons. The summed E-state index contributed by atoms with van der Waals surface area (Å²) in [6.07, 6.45) is -0.138. The molecule has 0 aromatic heterocycles. The van der Waals surface area contributed by atoms with Crippen molar-refractivity contribution in [3.63, 3.8) is 0 Å². The smallest absolute Gasteiger partial charge is 0.335 e. The highest BCUT2D eigenvalue weighted by atomic mass is 35.5. The first-order chi connectivity index (χ1) is 9.35. The lowest BCUT2D eigenvalue weighted by Gasteiger charge is -2.13. The lowest BCUT2D eigenvalue weighted by molar-refractivity contribution is 0.0697. The Kier molecular flexibility index (Phi) is 6.06. The Morgan fingerprint density at radius 2 is 1.90 bits per heavy atom. The van der Waals surface area contributed by atoms with E-state index in [9.17, 15) is 9.59 Å². The highest BCUT2D eigenvalue weighted by Gasteiger charge is 2.14. The van der Waals surface area contributed by atoms with E-state index in [1.165, 1.54) is 19.2 Å². The molecule has 8 heteroatoms. The molecule has 0 aliphatic carbocycles. The van der Waals surface area contributed by atoms with Crippen LogP contribution in [0.15, 0.2) is 12.1 Å². The third-order valence-electron chi connectivity index (χ3n) is 2.48. The Morgan fingerprint density at radius 3 is 2.35 bits per heavy atom. The summed E-state index contributed by atoms with van der Waals surface area (Å²) in [4.78, 5) is 22.5. The van der Waals surface area contributed by atoms with Gasteiger partial charge in [-0.3, -0.25) is 0 Å². The zero-order chi connectivity index (χ0) is 15.3. The number of carbonyl (C=O) groups excluding carboxylic acids is 1. The summed E-state index contributed by atoms with van der Waals surface area (Å²) in [6.45, 7) is 2.10. The largest absolute Gasteiger partial charge is 0.478 e. The van der Waals surface area contributed by atoms with Gasteiger partial charge in [-0.25, -0.2) is 9.59 Å². The standard InChI is InChI=1S/C12H14Cl2N2O4/c1-6(20-2)5-15-12(19)16-10-8(13)3-7(11(17)18)4-9(10)14/h3-4,6H,5H2,1-2H3,(H,17,18)(H2,15,16,19). The molecule has 0 aliphatic heterocycles. The van der Waals surface area contributed by atoms with Gasteiger partial charge in [0.2, 0.25) is 0 Å². The summed E-state index contributed by atoms with van der Waals surface area (Å²) < 4.78 is 4.98. The minimum absolute atomic E-state index is 0.0461. The molecule has 1 aromatic rings. The molecule has 0 spiro atoms. The van der Waals surface area contributed by atoms with Gasteiger partial charge in [0.25, 0.3) is 0 Å². The van der Waals surface area contributed by atoms with Gasteiger partial charge < -0.3 is 20.5 Å². The second kappa shape index (κ2) is 7.33. The Hall–Kier alpha value is -1.50. The fourth-order valence-corrected chi connectivity index (χ4v) is 1.88. The maximum atomic E-state index is 11.6. The molecule has 0 bridgehead atoms. The van der Waals surface area contributed by atoms with Gasteiger partial charge in [0.05, 0.1) is 27.4 Å². The number of carbonyl (C=O) groups is 2. The van der Waals surface area contributed by atoms with Crippen LogP contribution in [0.2, 0.25) is 10.0 Å². The predicted octanol–water partition coefficient (Wildman–Crippen LogP) is 2.85. The van der Waals surface area contributed by atoms with Crippen molar-refractivity contribution in [2.24, 2.45) is 0 Å². The molecule has 20 heavy (non-hydrogen) atoms. The minimum Gasteiger partial charge on any atom is -0.478 e. The summed E-state index contributed by atoms with van der Waals surface area (Å²) in [7, 11) is 1.53.